The molecule has 1 unspecified atom stereocenters. The molecule has 8 heteroatoms. The Balaban J connectivity index is 1.84. The van der Waals surface area contributed by atoms with E-state index in [2.05, 4.69) is 10.1 Å². The van der Waals surface area contributed by atoms with E-state index in [0.29, 0.717) is 37.7 Å². The van der Waals surface area contributed by atoms with Crippen LogP contribution in [-0.2, 0) is 26.2 Å². The Bertz CT molecular complexity index is 564. The maximum Gasteiger partial charge on any atom is 0.328 e. The standard InChI is InChI=1S/C15H23N3O5/c1-15(2,3)14-16-11(23-17-14)5-4-6-12(19)18-7-8-22-9-10(18)13(20)21/h10H,4-9H2,1-3H3,(H,20,21). The minimum atomic E-state index is -1.04. The summed E-state index contributed by atoms with van der Waals surface area (Å²) in [5.41, 5.74) is -0.180. The van der Waals surface area contributed by atoms with Gasteiger partial charge < -0.3 is 19.3 Å². The second-order valence-corrected chi connectivity index (χ2v) is 6.63. The Labute approximate surface area is 134 Å². The molecule has 1 aromatic heterocycles. The van der Waals surface area contributed by atoms with Crippen LogP contribution in [0.15, 0.2) is 4.52 Å². The van der Waals surface area contributed by atoms with E-state index in [-0.39, 0.29) is 24.3 Å². The molecular formula is C15H23N3O5. The molecule has 2 heterocycles. The van der Waals surface area contributed by atoms with Crippen LogP contribution in [0.25, 0.3) is 0 Å². The van der Waals surface area contributed by atoms with E-state index in [1.165, 1.54) is 4.90 Å². The fourth-order valence-corrected chi connectivity index (χ4v) is 2.30. The number of nitrogens with zero attached hydrogens (tertiary/aromatic N) is 3. The number of carboxylic acids is 1. The van der Waals surface area contributed by atoms with E-state index in [4.69, 9.17) is 14.4 Å². The number of morpholine rings is 1. The number of amides is 1. The highest BCUT2D eigenvalue weighted by atomic mass is 16.5. The highest BCUT2D eigenvalue weighted by Crippen LogP contribution is 2.19. The van der Waals surface area contributed by atoms with Crippen LogP contribution in [0, 0.1) is 0 Å². The molecule has 0 radical (unpaired) electrons. The van der Waals surface area contributed by atoms with Crippen molar-refractivity contribution in [2.45, 2.75) is 51.5 Å². The van der Waals surface area contributed by atoms with Crippen LogP contribution >= 0.6 is 0 Å². The second kappa shape index (κ2) is 7.08. The molecule has 1 N–H and O–H groups in total. The summed E-state index contributed by atoms with van der Waals surface area (Å²) in [4.78, 5) is 29.1. The summed E-state index contributed by atoms with van der Waals surface area (Å²) in [7, 11) is 0. The third-order valence-corrected chi connectivity index (χ3v) is 3.65. The van der Waals surface area contributed by atoms with Gasteiger partial charge in [-0.1, -0.05) is 25.9 Å². The Morgan fingerprint density at radius 2 is 2.13 bits per heavy atom. The summed E-state index contributed by atoms with van der Waals surface area (Å²) in [6.45, 7) is 6.71. The lowest BCUT2D eigenvalue weighted by Crippen LogP contribution is -2.52. The van der Waals surface area contributed by atoms with Crippen LogP contribution in [0.4, 0.5) is 0 Å². The van der Waals surface area contributed by atoms with Gasteiger partial charge in [0.1, 0.15) is 0 Å². The molecule has 1 aliphatic rings. The van der Waals surface area contributed by atoms with Gasteiger partial charge in [0, 0.05) is 24.8 Å². The maximum absolute atomic E-state index is 12.2. The van der Waals surface area contributed by atoms with Crippen molar-refractivity contribution >= 4 is 11.9 Å². The molecule has 0 saturated carbocycles. The molecule has 0 aromatic carbocycles. The minimum absolute atomic E-state index is 0.0413. The van der Waals surface area contributed by atoms with Gasteiger partial charge in [-0.15, -0.1) is 0 Å². The first-order valence-electron chi connectivity index (χ1n) is 7.72. The molecule has 1 amide bonds. The molecule has 1 fully saturated rings. The maximum atomic E-state index is 12.2. The van der Waals surface area contributed by atoms with Crippen LogP contribution in [0.3, 0.4) is 0 Å². The van der Waals surface area contributed by atoms with Gasteiger partial charge in [0.2, 0.25) is 11.8 Å². The predicted octanol–water partition coefficient (Wildman–Crippen LogP) is 1.00. The average Bonchev–Trinajstić information content (AvgIpc) is 2.96. The summed E-state index contributed by atoms with van der Waals surface area (Å²) in [5, 5.41) is 13.1. The van der Waals surface area contributed by atoms with Crippen LogP contribution < -0.4 is 0 Å². The van der Waals surface area contributed by atoms with Gasteiger partial charge in [-0.2, -0.15) is 4.98 Å². The lowest BCUT2D eigenvalue weighted by molar-refractivity contribution is -0.158. The van der Waals surface area contributed by atoms with Crippen molar-refractivity contribution in [3.05, 3.63) is 11.7 Å². The molecule has 23 heavy (non-hydrogen) atoms. The number of ether oxygens (including phenoxy) is 1. The third kappa shape index (κ3) is 4.51. The number of aliphatic carboxylic acids is 1. The molecule has 0 aliphatic carbocycles. The van der Waals surface area contributed by atoms with E-state index in [0.717, 1.165) is 0 Å². The minimum Gasteiger partial charge on any atom is -0.480 e. The van der Waals surface area contributed by atoms with Crippen molar-refractivity contribution in [1.82, 2.24) is 15.0 Å². The molecule has 0 bridgehead atoms. The number of hydrogen-bond donors (Lipinski definition) is 1. The SMILES string of the molecule is CC(C)(C)c1noc(CCCC(=O)N2CCOCC2C(=O)O)n1. The highest BCUT2D eigenvalue weighted by Gasteiger charge is 2.32. The third-order valence-electron chi connectivity index (χ3n) is 3.65. The quantitative estimate of drug-likeness (QED) is 0.860. The van der Waals surface area contributed by atoms with Gasteiger partial charge >= 0.3 is 5.97 Å². The number of carbonyl (C=O) groups excluding carboxylic acids is 1. The lowest BCUT2D eigenvalue weighted by Gasteiger charge is -2.32. The number of carbonyl (C=O) groups is 2. The van der Waals surface area contributed by atoms with E-state index >= 15 is 0 Å². The largest absolute Gasteiger partial charge is 0.480 e. The van der Waals surface area contributed by atoms with Gasteiger partial charge in [0.25, 0.3) is 0 Å². The molecule has 2 rings (SSSR count). The van der Waals surface area contributed by atoms with Crippen LogP contribution in [0.5, 0.6) is 0 Å². The first-order chi connectivity index (χ1) is 10.8. The second-order valence-electron chi connectivity index (χ2n) is 6.63. The van der Waals surface area contributed by atoms with Gasteiger partial charge in [-0.3, -0.25) is 4.79 Å². The Hall–Kier alpha value is -1.96. The Morgan fingerprint density at radius 3 is 2.74 bits per heavy atom. The normalized spacial score (nSPS) is 18.9. The smallest absolute Gasteiger partial charge is 0.328 e. The van der Waals surface area contributed by atoms with Crippen LogP contribution in [-0.4, -0.2) is 57.8 Å². The summed E-state index contributed by atoms with van der Waals surface area (Å²) in [6, 6.07) is -0.896. The van der Waals surface area contributed by atoms with E-state index in [1.54, 1.807) is 0 Å². The number of rotatable bonds is 5. The molecule has 8 nitrogen and oxygen atoms in total. The van der Waals surface area contributed by atoms with Crippen LogP contribution in [0.2, 0.25) is 0 Å². The van der Waals surface area contributed by atoms with Crippen LogP contribution in [0.1, 0.15) is 45.3 Å². The van der Waals surface area contributed by atoms with Crippen molar-refractivity contribution < 1.29 is 24.0 Å². The Kier molecular flexibility index (Phi) is 5.35. The fraction of sp³-hybridized carbons (Fsp3) is 0.733. The molecule has 1 aliphatic heterocycles. The van der Waals surface area contributed by atoms with Crippen molar-refractivity contribution in [2.75, 3.05) is 19.8 Å². The van der Waals surface area contributed by atoms with Crippen molar-refractivity contribution in [3.63, 3.8) is 0 Å². The molecule has 128 valence electrons. The number of hydrogen-bond acceptors (Lipinski definition) is 6. The van der Waals surface area contributed by atoms with E-state index < -0.39 is 12.0 Å². The lowest BCUT2D eigenvalue weighted by atomic mass is 9.96. The predicted molar refractivity (Wildman–Crippen MR) is 79.9 cm³/mol. The van der Waals surface area contributed by atoms with Gasteiger partial charge in [-0.05, 0) is 6.42 Å². The zero-order chi connectivity index (χ0) is 17.0. The number of aryl methyl sites for hydroxylation is 1. The first kappa shape index (κ1) is 17.4. The number of aromatic nitrogens is 2. The zero-order valence-electron chi connectivity index (χ0n) is 13.7. The highest BCUT2D eigenvalue weighted by molar-refractivity contribution is 5.83. The zero-order valence-corrected chi connectivity index (χ0v) is 13.7. The first-order valence-corrected chi connectivity index (χ1v) is 7.72. The topological polar surface area (TPSA) is 106 Å². The van der Waals surface area contributed by atoms with Gasteiger partial charge in [-0.25, -0.2) is 4.79 Å². The molecule has 1 atom stereocenters. The van der Waals surface area contributed by atoms with E-state index in [1.807, 2.05) is 20.8 Å². The summed E-state index contributed by atoms with van der Waals surface area (Å²) < 4.78 is 10.3. The Morgan fingerprint density at radius 1 is 1.39 bits per heavy atom. The molecule has 0 spiro atoms. The van der Waals surface area contributed by atoms with Gasteiger partial charge in [0.15, 0.2) is 11.9 Å². The fourth-order valence-electron chi connectivity index (χ4n) is 2.30. The summed E-state index contributed by atoms with van der Waals surface area (Å²) in [5.74, 6) is -0.0848. The molecular weight excluding hydrogens is 302 g/mol. The van der Waals surface area contributed by atoms with Gasteiger partial charge in [0.05, 0.1) is 13.2 Å². The summed E-state index contributed by atoms with van der Waals surface area (Å²) >= 11 is 0. The monoisotopic (exact) mass is 325 g/mol. The van der Waals surface area contributed by atoms with Crippen molar-refractivity contribution in [1.29, 1.82) is 0 Å². The van der Waals surface area contributed by atoms with Crippen molar-refractivity contribution in [2.24, 2.45) is 0 Å². The summed E-state index contributed by atoms with van der Waals surface area (Å²) in [6.07, 6.45) is 1.28. The average molecular weight is 325 g/mol. The number of carboxylic acid groups (broad SMARTS) is 1. The van der Waals surface area contributed by atoms with E-state index in [9.17, 15) is 9.59 Å². The van der Waals surface area contributed by atoms with Crippen molar-refractivity contribution in [3.8, 4) is 0 Å². The molecule has 1 saturated heterocycles. The molecule has 1 aromatic rings.